The second-order valence-electron chi connectivity index (χ2n) is 8.53. The van der Waals surface area contributed by atoms with Gasteiger partial charge in [0, 0.05) is 20.7 Å². The van der Waals surface area contributed by atoms with Gasteiger partial charge in [-0.2, -0.15) is 5.10 Å². The Labute approximate surface area is 207 Å². The molecule has 33 heavy (non-hydrogen) atoms. The summed E-state index contributed by atoms with van der Waals surface area (Å²) in [5, 5.41) is 11.5. The van der Waals surface area contributed by atoms with Crippen molar-refractivity contribution in [3.63, 3.8) is 0 Å². The zero-order chi connectivity index (χ0) is 22.9. The number of hydrazone groups is 1. The highest BCUT2D eigenvalue weighted by atomic mass is 35.5. The Morgan fingerprint density at radius 3 is 2.67 bits per heavy atom. The zero-order valence-electron chi connectivity index (χ0n) is 18.6. The molecule has 7 heteroatoms. The number of hydrogen-bond donors (Lipinski definition) is 0. The minimum absolute atomic E-state index is 0.0597. The van der Waals surface area contributed by atoms with Crippen molar-refractivity contribution >= 4 is 52.0 Å². The van der Waals surface area contributed by atoms with E-state index in [1.165, 1.54) is 15.3 Å². The maximum atomic E-state index is 13.4. The topological polar surface area (TPSA) is 41.9 Å². The van der Waals surface area contributed by atoms with E-state index in [4.69, 9.17) is 21.4 Å². The molecular weight excluding hydrogens is 472 g/mol. The lowest BCUT2D eigenvalue weighted by Gasteiger charge is -2.28. The summed E-state index contributed by atoms with van der Waals surface area (Å²) in [6.45, 7) is 3.82. The molecule has 3 aromatic rings. The van der Waals surface area contributed by atoms with Crippen LogP contribution >= 0.6 is 34.3 Å². The molecular formula is C26H25ClN2O2S2. The number of ether oxygens (including phenoxy) is 1. The quantitative estimate of drug-likeness (QED) is 0.372. The second kappa shape index (κ2) is 9.45. The second-order valence-corrected chi connectivity index (χ2v) is 10.9. The maximum Gasteiger partial charge on any atom is 0.281 e. The van der Waals surface area contributed by atoms with Gasteiger partial charge >= 0.3 is 0 Å². The van der Waals surface area contributed by atoms with Crippen molar-refractivity contribution in [1.29, 1.82) is 0 Å². The number of fused-ring (bicyclic) bond motifs is 1. The van der Waals surface area contributed by atoms with E-state index in [2.05, 4.69) is 35.0 Å². The molecule has 2 atom stereocenters. The molecule has 0 bridgehead atoms. The average molecular weight is 497 g/mol. The molecule has 1 aliphatic heterocycles. The maximum absolute atomic E-state index is 13.4. The standard InChI is InChI=1S/C26H25ClN2O2S2/c1-16-12-19(13-17(2)24(16)27)31-15-23(30)29-26(22-9-5-11-33-22)21-8-3-6-18(25(21)28-29)14-20-7-4-10-32-20/h4-5,7,9-14,21,26H,3,6,8,15H2,1-2H3/b18-14+/t21-,26-/m1/s1. The molecule has 0 radical (unpaired) electrons. The molecule has 2 aliphatic rings. The molecule has 2 aromatic heterocycles. The minimum atomic E-state index is -0.129. The van der Waals surface area contributed by atoms with Crippen molar-refractivity contribution in [1.82, 2.24) is 5.01 Å². The van der Waals surface area contributed by atoms with Crippen LogP contribution in [-0.2, 0) is 4.79 Å². The van der Waals surface area contributed by atoms with Gasteiger partial charge in [-0.15, -0.1) is 22.7 Å². The van der Waals surface area contributed by atoms with Crippen molar-refractivity contribution in [2.24, 2.45) is 11.0 Å². The summed E-state index contributed by atoms with van der Waals surface area (Å²) in [5.41, 5.74) is 4.17. The first-order valence-electron chi connectivity index (χ1n) is 11.1. The molecule has 4 nitrogen and oxygen atoms in total. The predicted molar refractivity (Wildman–Crippen MR) is 137 cm³/mol. The molecule has 1 amide bonds. The number of thiophene rings is 2. The van der Waals surface area contributed by atoms with Crippen molar-refractivity contribution < 1.29 is 9.53 Å². The third kappa shape index (κ3) is 4.52. The van der Waals surface area contributed by atoms with E-state index in [1.54, 1.807) is 27.7 Å². The van der Waals surface area contributed by atoms with Gasteiger partial charge in [0.05, 0.1) is 11.8 Å². The van der Waals surface area contributed by atoms with Crippen LogP contribution in [0.5, 0.6) is 5.75 Å². The Kier molecular flexibility index (Phi) is 6.41. The summed E-state index contributed by atoms with van der Waals surface area (Å²) in [5.74, 6) is 0.738. The van der Waals surface area contributed by atoms with Gasteiger partial charge in [0.1, 0.15) is 5.75 Å². The van der Waals surface area contributed by atoms with Crippen LogP contribution in [0.1, 0.15) is 46.2 Å². The first-order valence-corrected chi connectivity index (χ1v) is 13.2. The SMILES string of the molecule is Cc1cc(OCC(=O)N2N=C3/C(=C/c4cccs4)CCC[C@H]3[C@@H]2c2cccs2)cc(C)c1Cl. The zero-order valence-corrected chi connectivity index (χ0v) is 21.0. The average Bonchev–Trinajstić information content (AvgIpc) is 3.56. The molecule has 0 unspecified atom stereocenters. The molecule has 0 N–H and O–H groups in total. The number of amides is 1. The van der Waals surface area contributed by atoms with Crippen LogP contribution in [0.4, 0.5) is 0 Å². The Balaban J connectivity index is 1.42. The lowest BCUT2D eigenvalue weighted by atomic mass is 9.79. The highest BCUT2D eigenvalue weighted by Crippen LogP contribution is 2.45. The van der Waals surface area contributed by atoms with Crippen LogP contribution in [0.3, 0.4) is 0 Å². The lowest BCUT2D eigenvalue weighted by molar-refractivity contribution is -0.135. The van der Waals surface area contributed by atoms with Crippen molar-refractivity contribution in [3.05, 3.63) is 78.6 Å². The van der Waals surface area contributed by atoms with Gasteiger partial charge in [-0.05, 0) is 90.9 Å². The Morgan fingerprint density at radius 2 is 1.97 bits per heavy atom. The van der Waals surface area contributed by atoms with Gasteiger partial charge in [0.2, 0.25) is 0 Å². The smallest absolute Gasteiger partial charge is 0.281 e. The number of allylic oxidation sites excluding steroid dienone is 1. The Hall–Kier alpha value is -2.41. The van der Waals surface area contributed by atoms with Gasteiger partial charge < -0.3 is 4.74 Å². The molecule has 1 aromatic carbocycles. The molecule has 1 saturated carbocycles. The van der Waals surface area contributed by atoms with Gasteiger partial charge in [-0.25, -0.2) is 5.01 Å². The lowest BCUT2D eigenvalue weighted by Crippen LogP contribution is -2.34. The number of halogens is 1. The van der Waals surface area contributed by atoms with Crippen LogP contribution in [0.15, 0.2) is 57.8 Å². The van der Waals surface area contributed by atoms with E-state index < -0.39 is 0 Å². The summed E-state index contributed by atoms with van der Waals surface area (Å²) in [6, 6.07) is 12.0. The molecule has 0 saturated heterocycles. The number of nitrogens with zero attached hydrogens (tertiary/aromatic N) is 2. The molecule has 0 spiro atoms. The largest absolute Gasteiger partial charge is 0.484 e. The summed E-state index contributed by atoms with van der Waals surface area (Å²) in [6.07, 6.45) is 5.37. The van der Waals surface area contributed by atoms with E-state index in [0.29, 0.717) is 5.75 Å². The predicted octanol–water partition coefficient (Wildman–Crippen LogP) is 7.28. The Morgan fingerprint density at radius 1 is 1.21 bits per heavy atom. The molecule has 5 rings (SSSR count). The third-order valence-corrected chi connectivity index (χ3v) is 8.58. The van der Waals surface area contributed by atoms with Crippen molar-refractivity contribution in [2.45, 2.75) is 39.2 Å². The Bertz CT molecular complexity index is 1190. The monoisotopic (exact) mass is 496 g/mol. The van der Waals surface area contributed by atoms with E-state index in [1.807, 2.05) is 32.0 Å². The normalized spacial score (nSPS) is 21.2. The summed E-state index contributed by atoms with van der Waals surface area (Å²) in [4.78, 5) is 15.8. The van der Waals surface area contributed by atoms with Gasteiger partial charge in [0.15, 0.2) is 6.61 Å². The summed E-state index contributed by atoms with van der Waals surface area (Å²) in [7, 11) is 0. The minimum Gasteiger partial charge on any atom is -0.484 e. The van der Waals surface area contributed by atoms with Gasteiger partial charge in [0.25, 0.3) is 5.91 Å². The van der Waals surface area contributed by atoms with Crippen molar-refractivity contribution in [3.8, 4) is 5.75 Å². The van der Waals surface area contributed by atoms with Crippen LogP contribution in [0.2, 0.25) is 5.02 Å². The fourth-order valence-electron chi connectivity index (χ4n) is 4.69. The highest BCUT2D eigenvalue weighted by Gasteiger charge is 2.44. The number of carbonyl (C=O) groups excluding carboxylic acids is 1. The van der Waals surface area contributed by atoms with Crippen LogP contribution in [0.25, 0.3) is 6.08 Å². The fraction of sp³-hybridized carbons (Fsp3) is 0.308. The first kappa shape index (κ1) is 22.4. The molecule has 170 valence electrons. The summed E-state index contributed by atoms with van der Waals surface area (Å²) < 4.78 is 5.90. The molecule has 3 heterocycles. The summed E-state index contributed by atoms with van der Waals surface area (Å²) >= 11 is 9.68. The van der Waals surface area contributed by atoms with E-state index >= 15 is 0 Å². The van der Waals surface area contributed by atoms with E-state index in [-0.39, 0.29) is 24.5 Å². The van der Waals surface area contributed by atoms with E-state index in [9.17, 15) is 4.79 Å². The highest BCUT2D eigenvalue weighted by molar-refractivity contribution is 7.11. The number of carbonyl (C=O) groups is 1. The van der Waals surface area contributed by atoms with E-state index in [0.717, 1.165) is 41.1 Å². The van der Waals surface area contributed by atoms with Crippen molar-refractivity contribution in [2.75, 3.05) is 6.61 Å². The number of rotatable bonds is 5. The number of hydrogen-bond acceptors (Lipinski definition) is 5. The third-order valence-electron chi connectivity index (χ3n) is 6.22. The fourth-order valence-corrected chi connectivity index (χ4v) is 6.36. The molecule has 1 aliphatic carbocycles. The van der Waals surface area contributed by atoms with Gasteiger partial charge in [-0.1, -0.05) is 23.7 Å². The van der Waals surface area contributed by atoms with Gasteiger partial charge in [-0.3, -0.25) is 4.79 Å². The van der Waals surface area contributed by atoms with Crippen LogP contribution in [-0.4, -0.2) is 23.2 Å². The van der Waals surface area contributed by atoms with Crippen LogP contribution in [0, 0.1) is 19.8 Å². The van der Waals surface area contributed by atoms with Crippen LogP contribution < -0.4 is 4.74 Å². The number of benzene rings is 1. The molecule has 1 fully saturated rings. The number of aryl methyl sites for hydroxylation is 2. The first-order chi connectivity index (χ1) is 16.0.